The lowest BCUT2D eigenvalue weighted by Crippen LogP contribution is -2.43. The van der Waals surface area contributed by atoms with Crippen molar-refractivity contribution in [1.82, 2.24) is 24.6 Å². The minimum Gasteiger partial charge on any atom is -0.462 e. The lowest BCUT2D eigenvalue weighted by molar-refractivity contribution is -0.149. The Balaban J connectivity index is 1.62. The number of carbonyl (C=O) groups is 1. The molecule has 5 N–H and O–H groups in total. The van der Waals surface area contributed by atoms with Crippen LogP contribution < -0.4 is 20.9 Å². The van der Waals surface area contributed by atoms with E-state index in [-0.39, 0.29) is 22.9 Å². The maximum Gasteiger partial charge on any atom is 0.459 e. The molecule has 1 aliphatic heterocycles. The van der Waals surface area contributed by atoms with Crippen LogP contribution in [0, 0.1) is 0 Å². The lowest BCUT2D eigenvalue weighted by Gasteiger charge is -2.28. The quantitative estimate of drug-likeness (QED) is 0.0824. The molecule has 0 bridgehead atoms. The number of nitrogens with zero attached hydrogens (tertiary/aromatic N) is 6. The number of nitrogen functional groups attached to an aromatic ring is 1. The predicted octanol–water partition coefficient (Wildman–Crippen LogP) is 2.16. The highest BCUT2D eigenvalue weighted by atomic mass is 31.2. The Morgan fingerprint density at radius 3 is 2.76 bits per heavy atom. The van der Waals surface area contributed by atoms with Gasteiger partial charge in [0.2, 0.25) is 5.95 Å². The van der Waals surface area contributed by atoms with Gasteiger partial charge in [-0.1, -0.05) is 23.3 Å². The molecule has 0 saturated carbocycles. The fourth-order valence-corrected chi connectivity index (χ4v) is 5.71. The molecule has 0 amide bonds. The smallest absolute Gasteiger partial charge is 0.459 e. The van der Waals surface area contributed by atoms with E-state index in [1.165, 1.54) is 36.9 Å². The number of aliphatic hydroxyl groups is 1. The van der Waals surface area contributed by atoms with Gasteiger partial charge in [-0.25, -0.2) is 9.55 Å². The van der Waals surface area contributed by atoms with Crippen LogP contribution in [0.1, 0.15) is 33.9 Å². The number of fused-ring (bicyclic) bond motifs is 1. The Kier molecular flexibility index (Phi) is 8.68. The monoisotopic (exact) mass is 591 g/mol. The van der Waals surface area contributed by atoms with E-state index in [1.807, 2.05) is 0 Å². The summed E-state index contributed by atoms with van der Waals surface area (Å²) < 4.78 is 37.6. The van der Waals surface area contributed by atoms with Crippen molar-refractivity contribution in [1.29, 1.82) is 0 Å². The number of anilines is 1. The van der Waals surface area contributed by atoms with Crippen LogP contribution in [0.2, 0.25) is 0 Å². The van der Waals surface area contributed by atoms with Crippen molar-refractivity contribution >= 4 is 30.8 Å². The number of nitrogens with one attached hydrogen (secondary N) is 2. The second-order valence-corrected chi connectivity index (χ2v) is 11.4. The molecule has 3 heterocycles. The van der Waals surface area contributed by atoms with Gasteiger partial charge in [-0.05, 0) is 45.4 Å². The van der Waals surface area contributed by atoms with E-state index in [0.29, 0.717) is 0 Å². The van der Waals surface area contributed by atoms with Gasteiger partial charge in [0.1, 0.15) is 23.4 Å². The van der Waals surface area contributed by atoms with Crippen LogP contribution >= 0.6 is 7.75 Å². The Bertz CT molecular complexity index is 1560. The molecule has 41 heavy (non-hydrogen) atoms. The van der Waals surface area contributed by atoms with E-state index in [9.17, 15) is 24.8 Å². The molecule has 1 fully saturated rings. The van der Waals surface area contributed by atoms with Crippen molar-refractivity contribution in [2.75, 3.05) is 12.3 Å². The van der Waals surface area contributed by atoms with Gasteiger partial charge in [0, 0.05) is 4.91 Å². The van der Waals surface area contributed by atoms with Gasteiger partial charge in [0.05, 0.1) is 25.1 Å². The molecule has 220 valence electrons. The summed E-state index contributed by atoms with van der Waals surface area (Å²) >= 11 is 0. The van der Waals surface area contributed by atoms with Crippen LogP contribution in [0.15, 0.2) is 46.6 Å². The summed E-state index contributed by atoms with van der Waals surface area (Å²) in [6.45, 7) is 5.64. The first kappa shape index (κ1) is 30.0. The molecule has 0 radical (unpaired) electrons. The number of hydrogen-bond donors (Lipinski definition) is 4. The van der Waals surface area contributed by atoms with E-state index in [0.717, 1.165) is 0 Å². The highest BCUT2D eigenvalue weighted by Crippen LogP contribution is 2.48. The Labute approximate surface area is 233 Å². The van der Waals surface area contributed by atoms with Gasteiger partial charge in [-0.2, -0.15) is 10.1 Å². The van der Waals surface area contributed by atoms with Gasteiger partial charge < -0.3 is 24.8 Å². The van der Waals surface area contributed by atoms with Crippen molar-refractivity contribution in [3.8, 4) is 5.75 Å². The molecule has 1 aliphatic rings. The Morgan fingerprint density at radius 1 is 1.39 bits per heavy atom. The van der Waals surface area contributed by atoms with Crippen molar-refractivity contribution in [3.05, 3.63) is 57.5 Å². The van der Waals surface area contributed by atoms with Gasteiger partial charge in [-0.15, -0.1) is 0 Å². The summed E-state index contributed by atoms with van der Waals surface area (Å²) in [7, 11) is -4.30. The number of hydrogen-bond acceptors (Lipinski definition) is 12. The number of aromatic nitrogens is 4. The third-order valence-electron chi connectivity index (χ3n) is 6.15. The number of benzene rings is 1. The molecule has 1 aromatic carbocycles. The van der Waals surface area contributed by atoms with Gasteiger partial charge >= 0.3 is 13.7 Å². The third kappa shape index (κ3) is 6.35. The molecule has 2 aromatic heterocycles. The Hall–Kier alpha value is -3.98. The molecule has 6 atom stereocenters. The standard InChI is InChI=1S/C23H30N9O8P/c1-12(2)38-20(35)13(3)29-41(36,40-14-8-6-5-7-9-14)37-10-15-17(33)23(4,30-31-25)21(39-15)32-11-26-16-18(32)27-22(24)28-19(16)34/h5-9,11-13,15,17,21,33H,10H2,1-4H3,(H,29,36)(H3,24,27,28,34)/t13-,15-,17-,21-,23-,41+/m1/s1. The number of imidazole rings is 1. The maximum absolute atomic E-state index is 13.8. The molecule has 18 heteroatoms. The van der Waals surface area contributed by atoms with Crippen LogP contribution in [-0.2, 0) is 23.4 Å². The summed E-state index contributed by atoms with van der Waals surface area (Å²) in [6, 6.07) is 7.00. The molecular weight excluding hydrogens is 561 g/mol. The van der Waals surface area contributed by atoms with Crippen molar-refractivity contribution in [2.45, 2.75) is 63.8 Å². The van der Waals surface area contributed by atoms with E-state index in [2.05, 4.69) is 30.1 Å². The van der Waals surface area contributed by atoms with Gasteiger partial charge in [0.15, 0.2) is 17.4 Å². The minimum absolute atomic E-state index is 0.0154. The fourth-order valence-electron chi connectivity index (χ4n) is 4.20. The SMILES string of the molecule is CC(C)OC(=O)[C@@H](C)N[P@](=O)(OC[C@H]1O[C@@H](n2cnc3c(=O)[nH]c(N)nc32)[C@](C)(N=[N+]=[N-])[C@@H]1O)Oc1ccccc1. The van der Waals surface area contributed by atoms with Crippen LogP contribution in [0.4, 0.5) is 5.95 Å². The van der Waals surface area contributed by atoms with Crippen molar-refractivity contribution in [2.24, 2.45) is 5.11 Å². The lowest BCUT2D eigenvalue weighted by atomic mass is 9.93. The average Bonchev–Trinajstić information content (AvgIpc) is 3.42. The Morgan fingerprint density at radius 2 is 2.10 bits per heavy atom. The highest BCUT2D eigenvalue weighted by molar-refractivity contribution is 7.52. The first-order valence-corrected chi connectivity index (χ1v) is 14.0. The number of carbonyl (C=O) groups excluding carboxylic acids is 1. The molecular formula is C23H30N9O8P. The highest BCUT2D eigenvalue weighted by Gasteiger charge is 2.55. The number of aromatic amines is 1. The second kappa shape index (κ2) is 11.9. The first-order chi connectivity index (χ1) is 19.4. The average molecular weight is 592 g/mol. The largest absolute Gasteiger partial charge is 0.462 e. The fraction of sp³-hybridized carbons (Fsp3) is 0.478. The number of rotatable bonds is 11. The number of aliphatic hydroxyl groups excluding tert-OH is 1. The number of esters is 1. The van der Waals surface area contributed by atoms with E-state index in [1.54, 1.807) is 32.0 Å². The normalized spacial score (nSPS) is 24.5. The van der Waals surface area contributed by atoms with Crippen LogP contribution in [0.3, 0.4) is 0 Å². The zero-order valence-corrected chi connectivity index (χ0v) is 23.5. The molecule has 0 aliphatic carbocycles. The topological polar surface area (TPSA) is 242 Å². The van der Waals surface area contributed by atoms with E-state index in [4.69, 9.17) is 24.3 Å². The molecule has 1 saturated heterocycles. The summed E-state index contributed by atoms with van der Waals surface area (Å²) in [5.74, 6) is -0.707. The number of para-hydroxylation sites is 1. The number of azide groups is 1. The molecule has 3 aromatic rings. The number of H-pyrrole nitrogens is 1. The first-order valence-electron chi connectivity index (χ1n) is 12.5. The van der Waals surface area contributed by atoms with Crippen LogP contribution in [0.25, 0.3) is 21.6 Å². The second-order valence-electron chi connectivity index (χ2n) is 9.70. The van der Waals surface area contributed by atoms with E-state index >= 15 is 0 Å². The van der Waals surface area contributed by atoms with Gasteiger partial charge in [0.25, 0.3) is 5.56 Å². The van der Waals surface area contributed by atoms with Crippen LogP contribution in [-0.4, -0.2) is 67.1 Å². The summed E-state index contributed by atoms with van der Waals surface area (Å²) in [5.41, 5.74) is 12.7. The number of ether oxygens (including phenoxy) is 2. The van der Waals surface area contributed by atoms with Crippen molar-refractivity contribution < 1.29 is 33.0 Å². The molecule has 17 nitrogen and oxygen atoms in total. The van der Waals surface area contributed by atoms with Crippen molar-refractivity contribution in [3.63, 3.8) is 0 Å². The summed E-state index contributed by atoms with van der Waals surface area (Å²) in [6.07, 6.45) is -3.17. The maximum atomic E-state index is 13.8. The zero-order valence-electron chi connectivity index (χ0n) is 22.6. The third-order valence-corrected chi connectivity index (χ3v) is 7.80. The molecule has 0 spiro atoms. The molecule has 4 rings (SSSR count). The zero-order chi connectivity index (χ0) is 29.9. The predicted molar refractivity (Wildman–Crippen MR) is 144 cm³/mol. The van der Waals surface area contributed by atoms with Crippen LogP contribution in [0.5, 0.6) is 5.75 Å². The molecule has 0 unspecified atom stereocenters. The summed E-state index contributed by atoms with van der Waals surface area (Å²) in [4.78, 5) is 38.0. The number of nitrogens with two attached hydrogens (primary N) is 1. The van der Waals surface area contributed by atoms with E-state index < -0.39 is 62.0 Å². The minimum atomic E-state index is -4.30. The summed E-state index contributed by atoms with van der Waals surface area (Å²) in [5, 5.41) is 17.5. The van der Waals surface area contributed by atoms with Gasteiger partial charge in [-0.3, -0.25) is 23.7 Å².